The summed E-state index contributed by atoms with van der Waals surface area (Å²) in [6, 6.07) is 18.9. The van der Waals surface area contributed by atoms with Crippen molar-refractivity contribution in [3.05, 3.63) is 82.5 Å². The summed E-state index contributed by atoms with van der Waals surface area (Å²) in [5.41, 5.74) is 2.71. The molecule has 2 aromatic carbocycles. The molecular formula is C26H27Cl2N3O. The molecular weight excluding hydrogens is 441 g/mol. The number of carbonyl (C=O) groups is 1. The Morgan fingerprint density at radius 2 is 1.75 bits per heavy atom. The summed E-state index contributed by atoms with van der Waals surface area (Å²) in [6.45, 7) is 5.92. The Kier molecular flexibility index (Phi) is 7.46. The fraction of sp³-hybridized carbons (Fsp3) is 0.308. The van der Waals surface area contributed by atoms with E-state index in [-0.39, 0.29) is 5.91 Å². The van der Waals surface area contributed by atoms with Crippen molar-refractivity contribution in [2.45, 2.75) is 19.8 Å². The van der Waals surface area contributed by atoms with Crippen LogP contribution in [0.25, 0.3) is 11.1 Å². The molecule has 32 heavy (non-hydrogen) atoms. The third-order valence-electron chi connectivity index (χ3n) is 6.04. The van der Waals surface area contributed by atoms with Crippen molar-refractivity contribution in [2.24, 2.45) is 5.92 Å². The maximum absolute atomic E-state index is 13.6. The molecule has 0 saturated carbocycles. The first-order valence-corrected chi connectivity index (χ1v) is 11.8. The van der Waals surface area contributed by atoms with Crippen LogP contribution in [0.1, 0.15) is 30.1 Å². The minimum atomic E-state index is -0.0816. The van der Waals surface area contributed by atoms with E-state index in [9.17, 15) is 4.79 Å². The lowest BCUT2D eigenvalue weighted by atomic mass is 9.97. The Hall–Kier alpha value is -2.40. The van der Waals surface area contributed by atoms with Gasteiger partial charge < -0.3 is 4.90 Å². The smallest absolute Gasteiger partial charge is 0.259 e. The summed E-state index contributed by atoms with van der Waals surface area (Å²) in [7, 11) is 0. The zero-order valence-electron chi connectivity index (χ0n) is 18.2. The predicted molar refractivity (Wildman–Crippen MR) is 133 cm³/mol. The Balaban J connectivity index is 1.59. The number of likely N-dealkylation sites (tertiary alicyclic amines) is 1. The minimum absolute atomic E-state index is 0.0816. The van der Waals surface area contributed by atoms with E-state index < -0.39 is 0 Å². The molecule has 1 saturated heterocycles. The lowest BCUT2D eigenvalue weighted by molar-refractivity contribution is 0.0973. The molecule has 1 fully saturated rings. The van der Waals surface area contributed by atoms with Crippen molar-refractivity contribution in [1.29, 1.82) is 0 Å². The zero-order valence-corrected chi connectivity index (χ0v) is 19.7. The topological polar surface area (TPSA) is 36.4 Å². The van der Waals surface area contributed by atoms with Crippen molar-refractivity contribution >= 4 is 34.9 Å². The van der Waals surface area contributed by atoms with Gasteiger partial charge in [-0.15, -0.1) is 0 Å². The van der Waals surface area contributed by atoms with Crippen LogP contribution in [0.15, 0.2) is 66.9 Å². The summed E-state index contributed by atoms with van der Waals surface area (Å²) in [5.74, 6) is 0.829. The second-order valence-corrected chi connectivity index (χ2v) is 9.05. The van der Waals surface area contributed by atoms with Gasteiger partial charge in [-0.3, -0.25) is 9.69 Å². The van der Waals surface area contributed by atoms with Crippen LogP contribution in [-0.4, -0.2) is 42.0 Å². The van der Waals surface area contributed by atoms with Crippen molar-refractivity contribution in [3.8, 4) is 11.1 Å². The van der Waals surface area contributed by atoms with Crippen LogP contribution in [-0.2, 0) is 0 Å². The number of aromatic nitrogens is 1. The van der Waals surface area contributed by atoms with Crippen LogP contribution in [0.4, 0.5) is 5.82 Å². The van der Waals surface area contributed by atoms with E-state index >= 15 is 0 Å². The van der Waals surface area contributed by atoms with E-state index in [1.165, 1.54) is 0 Å². The molecule has 0 unspecified atom stereocenters. The third kappa shape index (κ3) is 5.32. The first kappa shape index (κ1) is 22.8. The molecule has 4 nitrogen and oxygen atoms in total. The van der Waals surface area contributed by atoms with Gasteiger partial charge >= 0.3 is 0 Å². The van der Waals surface area contributed by atoms with Gasteiger partial charge in [-0.2, -0.15) is 0 Å². The average molecular weight is 468 g/mol. The average Bonchev–Trinajstić information content (AvgIpc) is 2.83. The van der Waals surface area contributed by atoms with E-state index in [4.69, 9.17) is 23.2 Å². The van der Waals surface area contributed by atoms with Crippen LogP contribution < -0.4 is 4.90 Å². The molecule has 1 amide bonds. The molecule has 0 radical (unpaired) electrons. The van der Waals surface area contributed by atoms with Crippen LogP contribution in [0.3, 0.4) is 0 Å². The van der Waals surface area contributed by atoms with Crippen molar-refractivity contribution in [1.82, 2.24) is 9.88 Å². The zero-order chi connectivity index (χ0) is 22.5. The van der Waals surface area contributed by atoms with E-state index in [2.05, 4.69) is 16.8 Å². The number of amides is 1. The molecule has 0 spiro atoms. The number of benzene rings is 2. The van der Waals surface area contributed by atoms with Crippen LogP contribution in [0, 0.1) is 5.92 Å². The number of nitrogens with zero attached hydrogens (tertiary/aromatic N) is 3. The molecule has 0 bridgehead atoms. The van der Waals surface area contributed by atoms with Crippen molar-refractivity contribution in [3.63, 3.8) is 0 Å². The number of rotatable bonds is 6. The third-order valence-corrected chi connectivity index (χ3v) is 6.59. The Morgan fingerprint density at radius 1 is 1.06 bits per heavy atom. The largest absolute Gasteiger partial charge is 0.303 e. The highest BCUT2D eigenvalue weighted by Crippen LogP contribution is 2.28. The van der Waals surface area contributed by atoms with Gasteiger partial charge in [0.1, 0.15) is 0 Å². The molecule has 1 aromatic heterocycles. The predicted octanol–water partition coefficient (Wildman–Crippen LogP) is 6.43. The Morgan fingerprint density at radius 3 is 2.41 bits per heavy atom. The molecule has 2 heterocycles. The van der Waals surface area contributed by atoms with Gasteiger partial charge in [-0.25, -0.2) is 4.98 Å². The molecule has 0 N–H and O–H groups in total. The second kappa shape index (κ2) is 10.5. The van der Waals surface area contributed by atoms with Gasteiger partial charge in [0.05, 0.1) is 5.02 Å². The van der Waals surface area contributed by atoms with E-state index in [1.807, 2.05) is 48.5 Å². The molecule has 166 valence electrons. The SMILES string of the molecule is CCN1CCC[C@@H](CN(C(=O)c2ccc(-c3ccc(Cl)cc3)cc2)c2ncccc2Cl)C1. The van der Waals surface area contributed by atoms with Crippen LogP contribution in [0.2, 0.25) is 10.0 Å². The summed E-state index contributed by atoms with van der Waals surface area (Å²) >= 11 is 12.5. The Labute approximate surface area is 199 Å². The summed E-state index contributed by atoms with van der Waals surface area (Å²) in [5, 5.41) is 1.19. The number of piperidine rings is 1. The molecule has 6 heteroatoms. The number of anilines is 1. The van der Waals surface area contributed by atoms with Crippen LogP contribution >= 0.6 is 23.2 Å². The lowest BCUT2D eigenvalue weighted by Gasteiger charge is -2.35. The summed E-state index contributed by atoms with van der Waals surface area (Å²) < 4.78 is 0. The number of hydrogen-bond acceptors (Lipinski definition) is 3. The molecule has 1 atom stereocenters. The van der Waals surface area contributed by atoms with Gasteiger partial charge in [0.15, 0.2) is 5.82 Å². The normalized spacial score (nSPS) is 16.7. The monoisotopic (exact) mass is 467 g/mol. The first-order valence-electron chi connectivity index (χ1n) is 11.1. The lowest BCUT2D eigenvalue weighted by Crippen LogP contribution is -2.43. The molecule has 0 aliphatic carbocycles. The molecule has 3 aromatic rings. The number of carbonyl (C=O) groups excluding carboxylic acids is 1. The van der Waals surface area contributed by atoms with Crippen LogP contribution in [0.5, 0.6) is 0 Å². The fourth-order valence-electron chi connectivity index (χ4n) is 4.29. The molecule has 1 aliphatic rings. The number of halogens is 2. The maximum Gasteiger partial charge on any atom is 0.259 e. The maximum atomic E-state index is 13.6. The molecule has 1 aliphatic heterocycles. The molecule has 4 rings (SSSR count). The summed E-state index contributed by atoms with van der Waals surface area (Å²) in [6.07, 6.45) is 3.93. The van der Waals surface area contributed by atoms with E-state index in [0.717, 1.165) is 43.6 Å². The Bertz CT molecular complexity index is 1050. The second-order valence-electron chi connectivity index (χ2n) is 8.21. The minimum Gasteiger partial charge on any atom is -0.303 e. The van der Waals surface area contributed by atoms with Crippen molar-refractivity contribution < 1.29 is 4.79 Å². The van der Waals surface area contributed by atoms with Gasteiger partial charge in [0, 0.05) is 29.9 Å². The number of pyridine rings is 1. The first-order chi connectivity index (χ1) is 15.5. The highest BCUT2D eigenvalue weighted by Gasteiger charge is 2.27. The quantitative estimate of drug-likeness (QED) is 0.418. The number of hydrogen-bond donors (Lipinski definition) is 0. The highest BCUT2D eigenvalue weighted by molar-refractivity contribution is 6.33. The van der Waals surface area contributed by atoms with Gasteiger partial charge in [0.2, 0.25) is 0 Å². The van der Waals surface area contributed by atoms with Gasteiger partial charge in [-0.05, 0) is 79.4 Å². The fourth-order valence-corrected chi connectivity index (χ4v) is 4.64. The summed E-state index contributed by atoms with van der Waals surface area (Å²) in [4.78, 5) is 22.3. The van der Waals surface area contributed by atoms with Crippen molar-refractivity contribution in [2.75, 3.05) is 31.1 Å². The van der Waals surface area contributed by atoms with Gasteiger partial charge in [0.25, 0.3) is 5.91 Å². The highest BCUT2D eigenvalue weighted by atomic mass is 35.5. The van der Waals surface area contributed by atoms with E-state index in [1.54, 1.807) is 23.2 Å². The standard InChI is InChI=1S/C26H27Cl2N3O/c1-2-30-16-4-5-19(17-30)18-31(25-24(28)6-3-15-29-25)26(32)22-9-7-20(8-10-22)21-11-13-23(27)14-12-21/h3,6-15,19H,2,4-5,16-18H2,1H3/t19-/m1/s1. The van der Waals surface area contributed by atoms with Gasteiger partial charge in [-0.1, -0.05) is 54.4 Å². The van der Waals surface area contributed by atoms with E-state index in [0.29, 0.717) is 33.9 Å².